The van der Waals surface area contributed by atoms with Gasteiger partial charge in [-0.1, -0.05) is 35.3 Å². The van der Waals surface area contributed by atoms with Gasteiger partial charge in [-0.3, -0.25) is 4.79 Å². The Morgan fingerprint density at radius 2 is 1.84 bits per heavy atom. The maximum absolute atomic E-state index is 12.9. The van der Waals surface area contributed by atoms with Crippen molar-refractivity contribution in [3.63, 3.8) is 0 Å². The molecule has 9 heteroatoms. The number of rotatable bonds is 10. The predicted octanol–water partition coefficient (Wildman–Crippen LogP) is 5.13. The van der Waals surface area contributed by atoms with Crippen LogP contribution in [0, 0.1) is 5.92 Å². The van der Waals surface area contributed by atoms with E-state index in [0.29, 0.717) is 52.5 Å². The second kappa shape index (κ2) is 13.1. The van der Waals surface area contributed by atoms with Gasteiger partial charge in [0.25, 0.3) is 0 Å². The first-order valence-corrected chi connectivity index (χ1v) is 13.2. The molecule has 1 aromatic heterocycles. The van der Waals surface area contributed by atoms with Crippen molar-refractivity contribution in [1.82, 2.24) is 20.6 Å². The van der Waals surface area contributed by atoms with Gasteiger partial charge in [-0.15, -0.1) is 0 Å². The molecule has 2 aromatic carbocycles. The number of carbonyl (C=O) groups excluding carboxylic acids is 1. The molecule has 2 heterocycles. The van der Waals surface area contributed by atoms with Crippen LogP contribution in [0.4, 0.5) is 0 Å². The molecule has 4 rings (SSSR count). The number of ether oxygens (including phenoxy) is 2. The van der Waals surface area contributed by atoms with Crippen molar-refractivity contribution in [2.75, 3.05) is 27.3 Å². The molecule has 37 heavy (non-hydrogen) atoms. The lowest BCUT2D eigenvalue weighted by Crippen LogP contribution is -2.47. The highest BCUT2D eigenvalue weighted by Gasteiger charge is 2.25. The quantitative estimate of drug-likeness (QED) is 0.369. The number of piperidine rings is 1. The standard InChI is InChI=1S/C28H32Cl2N4O3/c1-36-25-8-6-19(14-26(25)37-2)21-16-32-27(33-17-21)9-10-28(35)34-24(20-4-3-11-31-15-20)13-18-5-7-22(29)23(30)12-18/h5-8,12,14,16-17,20,24,31H,3-4,9-11,13,15H2,1-2H3,(H,34,35). The Morgan fingerprint density at radius 1 is 1.05 bits per heavy atom. The number of hydrogen-bond acceptors (Lipinski definition) is 6. The normalized spacial score (nSPS) is 16.2. The molecule has 0 spiro atoms. The third kappa shape index (κ3) is 7.34. The van der Waals surface area contributed by atoms with E-state index in [4.69, 9.17) is 32.7 Å². The minimum absolute atomic E-state index is 0.00545. The Hall–Kier alpha value is -2.87. The zero-order chi connectivity index (χ0) is 26.2. The molecule has 2 N–H and O–H groups in total. The van der Waals surface area contributed by atoms with Gasteiger partial charge < -0.3 is 20.1 Å². The van der Waals surface area contributed by atoms with Gasteiger partial charge in [0.2, 0.25) is 5.91 Å². The summed E-state index contributed by atoms with van der Waals surface area (Å²) in [6.07, 6.45) is 7.17. The van der Waals surface area contributed by atoms with Crippen molar-refractivity contribution in [2.24, 2.45) is 5.92 Å². The van der Waals surface area contributed by atoms with Crippen LogP contribution in [0.1, 0.15) is 30.7 Å². The fourth-order valence-corrected chi connectivity index (χ4v) is 4.95. The molecule has 1 aliphatic heterocycles. The summed E-state index contributed by atoms with van der Waals surface area (Å²) >= 11 is 12.3. The Bertz CT molecular complexity index is 1200. The minimum Gasteiger partial charge on any atom is -0.493 e. The van der Waals surface area contributed by atoms with Crippen LogP contribution in [0.3, 0.4) is 0 Å². The Kier molecular flexibility index (Phi) is 9.61. The maximum atomic E-state index is 12.9. The molecular weight excluding hydrogens is 511 g/mol. The molecule has 196 valence electrons. The van der Waals surface area contributed by atoms with E-state index in [9.17, 15) is 4.79 Å². The van der Waals surface area contributed by atoms with Crippen LogP contribution < -0.4 is 20.1 Å². The summed E-state index contributed by atoms with van der Waals surface area (Å²) in [5, 5.41) is 7.77. The van der Waals surface area contributed by atoms with Crippen LogP contribution in [0.25, 0.3) is 11.1 Å². The first-order valence-electron chi connectivity index (χ1n) is 12.4. The van der Waals surface area contributed by atoms with Crippen LogP contribution in [0.15, 0.2) is 48.8 Å². The summed E-state index contributed by atoms with van der Waals surface area (Å²) in [4.78, 5) is 21.9. The number of aryl methyl sites for hydroxylation is 1. The fourth-order valence-electron chi connectivity index (χ4n) is 4.63. The second-order valence-electron chi connectivity index (χ2n) is 9.19. The number of aromatic nitrogens is 2. The molecule has 0 aliphatic carbocycles. The zero-order valence-corrected chi connectivity index (χ0v) is 22.6. The first-order chi connectivity index (χ1) is 18.0. The van der Waals surface area contributed by atoms with Gasteiger partial charge in [0.05, 0.1) is 24.3 Å². The summed E-state index contributed by atoms with van der Waals surface area (Å²) in [7, 11) is 3.21. The molecule has 2 unspecified atom stereocenters. The lowest BCUT2D eigenvalue weighted by molar-refractivity contribution is -0.122. The van der Waals surface area contributed by atoms with Crippen molar-refractivity contribution in [1.29, 1.82) is 0 Å². The van der Waals surface area contributed by atoms with E-state index >= 15 is 0 Å². The van der Waals surface area contributed by atoms with Crippen molar-refractivity contribution in [2.45, 2.75) is 38.1 Å². The molecule has 3 aromatic rings. The molecule has 1 fully saturated rings. The topological polar surface area (TPSA) is 85.4 Å². The van der Waals surface area contributed by atoms with Gasteiger partial charge in [-0.25, -0.2) is 9.97 Å². The molecular formula is C28H32Cl2N4O3. The molecule has 2 atom stereocenters. The average Bonchev–Trinajstić information content (AvgIpc) is 2.94. The van der Waals surface area contributed by atoms with Gasteiger partial charge >= 0.3 is 0 Å². The molecule has 0 saturated carbocycles. The highest BCUT2D eigenvalue weighted by molar-refractivity contribution is 6.42. The largest absolute Gasteiger partial charge is 0.493 e. The first kappa shape index (κ1) is 27.2. The number of benzene rings is 2. The highest BCUT2D eigenvalue weighted by atomic mass is 35.5. The summed E-state index contributed by atoms with van der Waals surface area (Å²) in [6, 6.07) is 11.3. The number of methoxy groups -OCH3 is 2. The Morgan fingerprint density at radius 3 is 2.51 bits per heavy atom. The van der Waals surface area contributed by atoms with Gasteiger partial charge in [-0.2, -0.15) is 0 Å². The molecule has 1 aliphatic rings. The van der Waals surface area contributed by atoms with Crippen LogP contribution in [0.2, 0.25) is 10.0 Å². The number of carbonyl (C=O) groups is 1. The van der Waals surface area contributed by atoms with Gasteiger partial charge in [0, 0.05) is 36.8 Å². The number of halogens is 2. The summed E-state index contributed by atoms with van der Waals surface area (Å²) in [5.74, 6) is 2.27. The molecule has 1 amide bonds. The summed E-state index contributed by atoms with van der Waals surface area (Å²) in [5.41, 5.74) is 2.84. The number of nitrogens with one attached hydrogen (secondary N) is 2. The molecule has 0 bridgehead atoms. The number of nitrogens with zero attached hydrogens (tertiary/aromatic N) is 2. The third-order valence-electron chi connectivity index (χ3n) is 6.69. The molecule has 0 radical (unpaired) electrons. The van der Waals surface area contributed by atoms with E-state index < -0.39 is 0 Å². The van der Waals surface area contributed by atoms with Crippen LogP contribution in [-0.4, -0.2) is 49.2 Å². The summed E-state index contributed by atoms with van der Waals surface area (Å²) < 4.78 is 10.7. The van der Waals surface area contributed by atoms with E-state index in [2.05, 4.69) is 20.6 Å². The monoisotopic (exact) mass is 542 g/mol. The van der Waals surface area contributed by atoms with Crippen molar-refractivity contribution >= 4 is 29.1 Å². The van der Waals surface area contributed by atoms with Crippen molar-refractivity contribution in [3.05, 3.63) is 70.2 Å². The maximum Gasteiger partial charge on any atom is 0.220 e. The smallest absolute Gasteiger partial charge is 0.220 e. The van der Waals surface area contributed by atoms with Gasteiger partial charge in [0.1, 0.15) is 5.82 Å². The van der Waals surface area contributed by atoms with Crippen LogP contribution >= 0.6 is 23.2 Å². The van der Waals surface area contributed by atoms with Crippen LogP contribution in [0.5, 0.6) is 11.5 Å². The Labute approximate surface area is 227 Å². The molecule has 7 nitrogen and oxygen atoms in total. The van der Waals surface area contributed by atoms with E-state index in [1.807, 2.05) is 30.3 Å². The minimum atomic E-state index is -0.0109. The van der Waals surface area contributed by atoms with Crippen molar-refractivity contribution < 1.29 is 14.3 Å². The van der Waals surface area contributed by atoms with Crippen molar-refractivity contribution in [3.8, 4) is 22.6 Å². The highest BCUT2D eigenvalue weighted by Crippen LogP contribution is 2.32. The van der Waals surface area contributed by atoms with Gasteiger partial charge in [-0.05, 0) is 73.7 Å². The van der Waals surface area contributed by atoms with E-state index in [1.165, 1.54) is 0 Å². The van der Waals surface area contributed by atoms with Crippen LogP contribution in [-0.2, 0) is 17.6 Å². The van der Waals surface area contributed by atoms with Gasteiger partial charge in [0.15, 0.2) is 11.5 Å². The zero-order valence-electron chi connectivity index (χ0n) is 21.1. The Balaban J connectivity index is 1.37. The molecule has 1 saturated heterocycles. The summed E-state index contributed by atoms with van der Waals surface area (Å²) in [6.45, 7) is 1.90. The SMILES string of the molecule is COc1ccc(-c2cnc(CCC(=O)NC(Cc3ccc(Cl)c(Cl)c3)C3CCCNC3)nc2)cc1OC. The number of hydrogen-bond donors (Lipinski definition) is 2. The second-order valence-corrected chi connectivity index (χ2v) is 10.0. The lowest BCUT2D eigenvalue weighted by Gasteiger charge is -2.31. The predicted molar refractivity (Wildman–Crippen MR) is 147 cm³/mol. The third-order valence-corrected chi connectivity index (χ3v) is 7.43. The van der Waals surface area contributed by atoms with E-state index in [-0.39, 0.29) is 11.9 Å². The van der Waals surface area contributed by atoms with E-state index in [1.54, 1.807) is 32.7 Å². The number of amides is 1. The average molecular weight is 543 g/mol. The fraction of sp³-hybridized carbons (Fsp3) is 0.393. The lowest BCUT2D eigenvalue weighted by atomic mass is 9.87. The van der Waals surface area contributed by atoms with E-state index in [0.717, 1.165) is 42.6 Å².